The molecule has 3 unspecified atom stereocenters. The molecule has 0 bridgehead atoms. The molecule has 0 aliphatic heterocycles. The van der Waals surface area contributed by atoms with Gasteiger partial charge in [0.1, 0.15) is 0 Å². The summed E-state index contributed by atoms with van der Waals surface area (Å²) in [6.45, 7) is 20.7. The van der Waals surface area contributed by atoms with Crippen LogP contribution in [0, 0.1) is 61.3 Å². The van der Waals surface area contributed by atoms with Gasteiger partial charge in [-0.25, -0.2) is 0 Å². The topological polar surface area (TPSA) is 0 Å². The van der Waals surface area contributed by atoms with Gasteiger partial charge in [-0.1, -0.05) is 155 Å². The van der Waals surface area contributed by atoms with Crippen molar-refractivity contribution in [3.05, 3.63) is 147 Å². The molecule has 47 heavy (non-hydrogen) atoms. The van der Waals surface area contributed by atoms with Crippen LogP contribution in [0.4, 0.5) is 0 Å². The highest BCUT2D eigenvalue weighted by Gasteiger charge is 2.39. The van der Waals surface area contributed by atoms with Crippen LogP contribution in [0.25, 0.3) is 0 Å². The highest BCUT2D eigenvalue weighted by Crippen LogP contribution is 2.53. The highest BCUT2D eigenvalue weighted by atomic mass is 31.1. The van der Waals surface area contributed by atoms with Crippen molar-refractivity contribution >= 4 is 42.4 Å². The minimum atomic E-state index is -0.701. The molecule has 5 aromatic carbocycles. The number of hydrogen-bond acceptors (Lipinski definition) is 0. The van der Waals surface area contributed by atoms with Crippen LogP contribution in [0.3, 0.4) is 0 Å². The number of rotatable bonds is 8. The largest absolute Gasteiger partial charge is 0.0619 e. The first kappa shape index (κ1) is 33.8. The van der Waals surface area contributed by atoms with E-state index < -0.39 is 15.8 Å². The summed E-state index contributed by atoms with van der Waals surface area (Å²) in [5.41, 5.74) is 13.1. The van der Waals surface area contributed by atoms with E-state index in [0.29, 0.717) is 17.5 Å². The zero-order valence-corrected chi connectivity index (χ0v) is 31.8. The van der Waals surface area contributed by atoms with Crippen molar-refractivity contribution in [2.75, 3.05) is 0 Å². The van der Waals surface area contributed by atoms with Gasteiger partial charge in [0.05, 0.1) is 0 Å². The van der Waals surface area contributed by atoms with E-state index in [0.717, 1.165) is 0 Å². The third-order valence-electron chi connectivity index (χ3n) is 10.1. The second-order valence-electron chi connectivity index (χ2n) is 14.6. The van der Waals surface area contributed by atoms with Gasteiger partial charge >= 0.3 is 0 Å². The number of benzene rings is 5. The van der Waals surface area contributed by atoms with Crippen LogP contribution < -0.4 is 26.5 Å². The molecule has 242 valence electrons. The van der Waals surface area contributed by atoms with Gasteiger partial charge in [0.2, 0.25) is 0 Å². The van der Waals surface area contributed by atoms with Gasteiger partial charge in [0, 0.05) is 0 Å². The zero-order valence-electron chi connectivity index (χ0n) is 30.0. The summed E-state index contributed by atoms with van der Waals surface area (Å²) in [5, 5.41) is 7.60. The molecule has 0 spiro atoms. The molecule has 0 amide bonds. The van der Waals surface area contributed by atoms with Gasteiger partial charge in [-0.3, -0.25) is 0 Å². The predicted molar refractivity (Wildman–Crippen MR) is 212 cm³/mol. The molecule has 0 saturated heterocycles. The monoisotopic (exact) mass is 654 g/mol. The lowest BCUT2D eigenvalue weighted by atomic mass is 9.87. The van der Waals surface area contributed by atoms with Crippen molar-refractivity contribution in [3.8, 4) is 0 Å². The maximum atomic E-state index is 2.60. The van der Waals surface area contributed by atoms with E-state index >= 15 is 0 Å². The maximum Gasteiger partial charge on any atom is -0.0116 e. The Morgan fingerprint density at radius 3 is 1.30 bits per heavy atom. The Labute approximate surface area is 287 Å². The predicted octanol–water partition coefficient (Wildman–Crippen LogP) is 10.3. The fourth-order valence-corrected chi connectivity index (χ4v) is 14.8. The Morgan fingerprint density at radius 2 is 0.872 bits per heavy atom. The SMILES string of the molecule is Cc1cc(C)cc(P(c2cc(C)cc(C)c2)c2ccccc2C2CCCC2C(C)P(c2cc(C)cc(C)c2)c2cc(C)cc(C)c2)c1. The van der Waals surface area contributed by atoms with Crippen LogP contribution in [-0.4, -0.2) is 5.66 Å². The summed E-state index contributed by atoms with van der Waals surface area (Å²) in [5.74, 6) is 1.20. The number of aryl methyl sites for hydroxylation is 8. The summed E-state index contributed by atoms with van der Waals surface area (Å²) in [6, 6.07) is 38.7. The quantitative estimate of drug-likeness (QED) is 0.146. The first-order valence-corrected chi connectivity index (χ1v) is 20.2. The highest BCUT2D eigenvalue weighted by molar-refractivity contribution is 7.80. The van der Waals surface area contributed by atoms with Gasteiger partial charge in [0.25, 0.3) is 0 Å². The smallest absolute Gasteiger partial charge is 0.0116 e. The molecule has 6 rings (SSSR count). The van der Waals surface area contributed by atoms with E-state index in [1.807, 2.05) is 0 Å². The molecular weight excluding hydrogens is 602 g/mol. The Bertz CT molecular complexity index is 1720. The summed E-state index contributed by atoms with van der Waals surface area (Å²) in [6.07, 6.45) is 3.89. The third kappa shape index (κ3) is 7.51. The molecular formula is C45H52P2. The van der Waals surface area contributed by atoms with Gasteiger partial charge in [-0.05, 0) is 134 Å². The van der Waals surface area contributed by atoms with Crippen molar-refractivity contribution in [1.29, 1.82) is 0 Å². The van der Waals surface area contributed by atoms with Crippen molar-refractivity contribution < 1.29 is 0 Å². The van der Waals surface area contributed by atoms with Crippen molar-refractivity contribution in [3.63, 3.8) is 0 Å². The van der Waals surface area contributed by atoms with Crippen LogP contribution in [0.1, 0.15) is 82.2 Å². The standard InChI is InChI=1S/C45H52P2/c1-29-17-30(2)22-38(21-29)46(39-23-31(3)18-32(4)24-39)37(9)42-14-12-15-43(42)44-13-10-11-16-45(44)47(40-25-33(5)19-34(6)26-40)41-27-35(7)20-36(8)28-41/h10-11,13,16-28,37,42-43H,12,14-15H2,1-9H3. The molecule has 1 fully saturated rings. The minimum absolute atomic E-state index is 0.530. The molecule has 0 nitrogen and oxygen atoms in total. The molecule has 5 aromatic rings. The summed E-state index contributed by atoms with van der Waals surface area (Å²) in [7, 11) is -1.23. The summed E-state index contributed by atoms with van der Waals surface area (Å²) in [4.78, 5) is 0. The molecule has 1 aliphatic carbocycles. The van der Waals surface area contributed by atoms with E-state index in [9.17, 15) is 0 Å². The third-order valence-corrected chi connectivity index (χ3v) is 15.3. The molecule has 0 radical (unpaired) electrons. The minimum Gasteiger partial charge on any atom is -0.0619 e. The van der Waals surface area contributed by atoms with Crippen molar-refractivity contribution in [2.24, 2.45) is 5.92 Å². The van der Waals surface area contributed by atoms with Crippen LogP contribution in [0.5, 0.6) is 0 Å². The Morgan fingerprint density at radius 1 is 0.489 bits per heavy atom. The lowest BCUT2D eigenvalue weighted by Gasteiger charge is -2.36. The van der Waals surface area contributed by atoms with Crippen LogP contribution in [0.15, 0.2) is 97.1 Å². The van der Waals surface area contributed by atoms with Crippen LogP contribution in [0.2, 0.25) is 0 Å². The Hall–Kier alpha value is -3.04. The van der Waals surface area contributed by atoms with Crippen LogP contribution >= 0.6 is 15.8 Å². The van der Waals surface area contributed by atoms with Gasteiger partial charge in [-0.15, -0.1) is 0 Å². The van der Waals surface area contributed by atoms with Crippen molar-refractivity contribution in [1.82, 2.24) is 0 Å². The average Bonchev–Trinajstić information content (AvgIpc) is 3.46. The zero-order chi connectivity index (χ0) is 33.4. The fourth-order valence-electron chi connectivity index (χ4n) is 8.53. The van der Waals surface area contributed by atoms with E-state index in [2.05, 4.69) is 159 Å². The summed E-state index contributed by atoms with van der Waals surface area (Å²) < 4.78 is 0. The maximum absolute atomic E-state index is 2.60. The summed E-state index contributed by atoms with van der Waals surface area (Å²) >= 11 is 0. The average molecular weight is 655 g/mol. The van der Waals surface area contributed by atoms with Gasteiger partial charge in [0.15, 0.2) is 0 Å². The molecule has 1 aliphatic rings. The molecule has 2 heteroatoms. The first-order valence-electron chi connectivity index (χ1n) is 17.5. The first-order chi connectivity index (χ1) is 22.5. The Balaban J connectivity index is 1.49. The normalized spacial score (nSPS) is 17.1. The Kier molecular flexibility index (Phi) is 10.2. The van der Waals surface area contributed by atoms with E-state index in [4.69, 9.17) is 0 Å². The fraction of sp³-hybridized carbons (Fsp3) is 0.333. The second kappa shape index (κ2) is 14.2. The molecule has 0 aromatic heterocycles. The molecule has 0 N–H and O–H groups in total. The molecule has 1 saturated carbocycles. The van der Waals surface area contributed by atoms with Gasteiger partial charge in [-0.2, -0.15) is 0 Å². The molecule has 3 atom stereocenters. The van der Waals surface area contributed by atoms with Crippen molar-refractivity contribution in [2.45, 2.75) is 93.2 Å². The number of hydrogen-bond donors (Lipinski definition) is 0. The lowest BCUT2D eigenvalue weighted by molar-refractivity contribution is 0.480. The van der Waals surface area contributed by atoms with E-state index in [1.54, 1.807) is 21.5 Å². The second-order valence-corrected chi connectivity index (χ2v) is 19.4. The van der Waals surface area contributed by atoms with E-state index in [-0.39, 0.29) is 0 Å². The molecule has 0 heterocycles. The van der Waals surface area contributed by atoms with Gasteiger partial charge < -0.3 is 0 Å². The van der Waals surface area contributed by atoms with Crippen LogP contribution in [-0.2, 0) is 0 Å². The lowest BCUT2D eigenvalue weighted by Crippen LogP contribution is -2.31. The van der Waals surface area contributed by atoms with E-state index in [1.165, 1.54) is 74.4 Å².